The molecule has 0 atom stereocenters. The number of carbonyl (C=O) groups excluding carboxylic acids is 1. The van der Waals surface area contributed by atoms with Gasteiger partial charge in [0.05, 0.1) is 5.41 Å². The van der Waals surface area contributed by atoms with Crippen molar-refractivity contribution in [1.82, 2.24) is 4.98 Å². The first kappa shape index (κ1) is 12.5. The number of carbonyl (C=O) groups is 1. The summed E-state index contributed by atoms with van der Waals surface area (Å²) in [6.45, 7) is 2.37. The van der Waals surface area contributed by atoms with Crippen LogP contribution in [0.2, 0.25) is 0 Å². The quantitative estimate of drug-likeness (QED) is 0.899. The lowest BCUT2D eigenvalue weighted by molar-refractivity contribution is -0.129. The topological polar surface area (TPSA) is 68.0 Å². The molecule has 1 heterocycles. The molecule has 1 aromatic rings. The van der Waals surface area contributed by atoms with Crippen LogP contribution >= 0.6 is 15.9 Å². The molecule has 0 unspecified atom stereocenters. The van der Waals surface area contributed by atoms with Crippen molar-refractivity contribution in [2.24, 2.45) is 11.1 Å². The van der Waals surface area contributed by atoms with Gasteiger partial charge in [0, 0.05) is 17.2 Å². The van der Waals surface area contributed by atoms with Crippen molar-refractivity contribution in [3.63, 3.8) is 0 Å². The number of nitrogens with zero attached hydrogens (tertiary/aromatic N) is 1. The van der Waals surface area contributed by atoms with Gasteiger partial charge in [-0.15, -0.1) is 0 Å². The molecular weight excluding hydrogens is 282 g/mol. The summed E-state index contributed by atoms with van der Waals surface area (Å²) < 4.78 is 0.938. The maximum Gasteiger partial charge on any atom is 0.233 e. The summed E-state index contributed by atoms with van der Waals surface area (Å²) in [7, 11) is 0. The molecular formula is C12H16BrN3O. The number of rotatable bonds is 3. The third kappa shape index (κ3) is 2.35. The minimum Gasteiger partial charge on any atom is -0.329 e. The number of nitrogens with one attached hydrogen (secondary N) is 1. The lowest BCUT2D eigenvalue weighted by Gasteiger charge is -2.38. The Hall–Kier alpha value is -0.940. The van der Waals surface area contributed by atoms with Gasteiger partial charge in [0.2, 0.25) is 5.91 Å². The maximum atomic E-state index is 12.1. The van der Waals surface area contributed by atoms with Crippen LogP contribution in [0.1, 0.15) is 24.8 Å². The van der Waals surface area contributed by atoms with Gasteiger partial charge < -0.3 is 11.1 Å². The van der Waals surface area contributed by atoms with Gasteiger partial charge in [-0.25, -0.2) is 4.98 Å². The van der Waals surface area contributed by atoms with Crippen molar-refractivity contribution in [1.29, 1.82) is 0 Å². The van der Waals surface area contributed by atoms with Gasteiger partial charge in [0.1, 0.15) is 5.82 Å². The predicted molar refractivity (Wildman–Crippen MR) is 70.6 cm³/mol. The zero-order valence-electron chi connectivity index (χ0n) is 9.79. The Morgan fingerprint density at radius 2 is 2.35 bits per heavy atom. The molecule has 0 aromatic carbocycles. The Labute approximate surface area is 109 Å². The third-order valence-electron chi connectivity index (χ3n) is 3.47. The molecule has 1 fully saturated rings. The van der Waals surface area contributed by atoms with Crippen LogP contribution in [0.3, 0.4) is 0 Å². The van der Waals surface area contributed by atoms with Crippen LogP contribution in [0.15, 0.2) is 16.7 Å². The number of hydrogen-bond acceptors (Lipinski definition) is 3. The van der Waals surface area contributed by atoms with E-state index in [1.54, 1.807) is 6.20 Å². The van der Waals surface area contributed by atoms with E-state index in [2.05, 4.69) is 26.2 Å². The van der Waals surface area contributed by atoms with E-state index in [4.69, 9.17) is 5.73 Å². The van der Waals surface area contributed by atoms with Crippen molar-refractivity contribution in [2.75, 3.05) is 11.9 Å². The number of aryl methyl sites for hydroxylation is 1. The fourth-order valence-corrected chi connectivity index (χ4v) is 2.20. The molecule has 17 heavy (non-hydrogen) atoms. The van der Waals surface area contributed by atoms with Crippen LogP contribution in [0.25, 0.3) is 0 Å². The largest absolute Gasteiger partial charge is 0.329 e. The Morgan fingerprint density at radius 1 is 1.65 bits per heavy atom. The Balaban J connectivity index is 2.10. The average Bonchev–Trinajstić information content (AvgIpc) is 2.23. The number of nitrogens with two attached hydrogens (primary N) is 1. The van der Waals surface area contributed by atoms with Crippen molar-refractivity contribution in [3.05, 3.63) is 22.3 Å². The molecule has 1 aromatic heterocycles. The molecule has 3 N–H and O–H groups in total. The van der Waals surface area contributed by atoms with Gasteiger partial charge >= 0.3 is 0 Å². The van der Waals surface area contributed by atoms with E-state index in [9.17, 15) is 4.79 Å². The van der Waals surface area contributed by atoms with Crippen LogP contribution in [0.4, 0.5) is 5.82 Å². The smallest absolute Gasteiger partial charge is 0.233 e. The molecule has 1 saturated carbocycles. The van der Waals surface area contributed by atoms with Gasteiger partial charge in [-0.1, -0.05) is 6.42 Å². The molecule has 2 rings (SSSR count). The van der Waals surface area contributed by atoms with Gasteiger partial charge in [-0.2, -0.15) is 0 Å². The summed E-state index contributed by atoms with van der Waals surface area (Å²) in [5.41, 5.74) is 6.38. The average molecular weight is 298 g/mol. The van der Waals surface area contributed by atoms with Crippen molar-refractivity contribution in [3.8, 4) is 0 Å². The SMILES string of the molecule is Cc1cc(NC(=O)C2(CN)CCC2)ncc1Br. The van der Waals surface area contributed by atoms with Crippen molar-refractivity contribution < 1.29 is 4.79 Å². The minimum atomic E-state index is -0.358. The van der Waals surface area contributed by atoms with Gasteiger partial charge in [-0.05, 0) is 47.3 Å². The van der Waals surface area contributed by atoms with Gasteiger partial charge in [-0.3, -0.25) is 4.79 Å². The highest BCUT2D eigenvalue weighted by molar-refractivity contribution is 9.10. The van der Waals surface area contributed by atoms with E-state index in [-0.39, 0.29) is 11.3 Å². The van der Waals surface area contributed by atoms with Gasteiger partial charge in [0.15, 0.2) is 0 Å². The highest BCUT2D eigenvalue weighted by atomic mass is 79.9. The fourth-order valence-electron chi connectivity index (χ4n) is 1.98. The van der Waals surface area contributed by atoms with Crippen LogP contribution in [-0.4, -0.2) is 17.4 Å². The lowest BCUT2D eigenvalue weighted by atomic mass is 9.68. The molecule has 5 heteroatoms. The highest BCUT2D eigenvalue weighted by Gasteiger charge is 2.42. The van der Waals surface area contributed by atoms with Crippen LogP contribution < -0.4 is 11.1 Å². The summed E-state index contributed by atoms with van der Waals surface area (Å²) in [5, 5.41) is 2.85. The molecule has 0 bridgehead atoms. The second-order valence-electron chi connectivity index (χ2n) is 4.61. The Morgan fingerprint density at radius 3 is 2.82 bits per heavy atom. The molecule has 0 spiro atoms. The molecule has 1 amide bonds. The van der Waals surface area contributed by atoms with Gasteiger partial charge in [0.25, 0.3) is 0 Å². The van der Waals surface area contributed by atoms with E-state index < -0.39 is 0 Å². The Bertz CT molecular complexity index is 438. The maximum absolute atomic E-state index is 12.1. The van der Waals surface area contributed by atoms with Crippen LogP contribution in [0.5, 0.6) is 0 Å². The molecule has 0 radical (unpaired) electrons. The number of anilines is 1. The number of hydrogen-bond donors (Lipinski definition) is 2. The highest BCUT2D eigenvalue weighted by Crippen LogP contribution is 2.40. The first-order chi connectivity index (χ1) is 8.07. The molecule has 92 valence electrons. The number of aromatic nitrogens is 1. The first-order valence-corrected chi connectivity index (χ1v) is 6.50. The normalized spacial score (nSPS) is 17.4. The van der Waals surface area contributed by atoms with E-state index in [1.165, 1.54) is 0 Å². The molecule has 0 saturated heterocycles. The number of amides is 1. The Kier molecular flexibility index (Phi) is 3.49. The third-order valence-corrected chi connectivity index (χ3v) is 4.30. The van der Waals surface area contributed by atoms with E-state index in [0.29, 0.717) is 12.4 Å². The fraction of sp³-hybridized carbons (Fsp3) is 0.500. The van der Waals surface area contributed by atoms with Crippen LogP contribution in [0, 0.1) is 12.3 Å². The monoisotopic (exact) mass is 297 g/mol. The van der Waals surface area contributed by atoms with E-state index >= 15 is 0 Å². The summed E-state index contributed by atoms with van der Waals surface area (Å²) in [4.78, 5) is 16.3. The minimum absolute atomic E-state index is 0.000437. The molecule has 1 aliphatic carbocycles. The summed E-state index contributed by atoms with van der Waals surface area (Å²) >= 11 is 3.38. The zero-order chi connectivity index (χ0) is 12.5. The molecule has 0 aliphatic heterocycles. The lowest BCUT2D eigenvalue weighted by Crippen LogP contribution is -2.47. The standard InChI is InChI=1S/C12H16BrN3O/c1-8-5-10(15-6-9(8)13)16-11(17)12(7-14)3-2-4-12/h5-6H,2-4,7,14H2,1H3,(H,15,16,17). The van der Waals surface area contributed by atoms with E-state index in [1.807, 2.05) is 13.0 Å². The zero-order valence-corrected chi connectivity index (χ0v) is 11.4. The predicted octanol–water partition coefficient (Wildman–Crippen LogP) is 2.22. The summed E-state index contributed by atoms with van der Waals surface area (Å²) in [6, 6.07) is 1.85. The second kappa shape index (κ2) is 4.74. The van der Waals surface area contributed by atoms with Crippen molar-refractivity contribution in [2.45, 2.75) is 26.2 Å². The number of halogens is 1. The summed E-state index contributed by atoms with van der Waals surface area (Å²) in [5.74, 6) is 0.593. The number of pyridine rings is 1. The molecule has 4 nitrogen and oxygen atoms in total. The first-order valence-electron chi connectivity index (χ1n) is 5.71. The second-order valence-corrected chi connectivity index (χ2v) is 5.47. The van der Waals surface area contributed by atoms with Crippen LogP contribution in [-0.2, 0) is 4.79 Å². The van der Waals surface area contributed by atoms with Crippen molar-refractivity contribution >= 4 is 27.7 Å². The molecule has 1 aliphatic rings. The van der Waals surface area contributed by atoms with E-state index in [0.717, 1.165) is 29.3 Å². The summed E-state index contributed by atoms with van der Waals surface area (Å²) in [6.07, 6.45) is 4.54.